The van der Waals surface area contributed by atoms with Crippen LogP contribution in [-0.2, 0) is 4.79 Å². The molecule has 0 saturated heterocycles. The van der Waals surface area contributed by atoms with Gasteiger partial charge < -0.3 is 14.8 Å². The molecule has 116 valence electrons. The van der Waals surface area contributed by atoms with E-state index in [0.29, 0.717) is 18.0 Å². The number of nitrogens with one attached hydrogen (secondary N) is 1. The van der Waals surface area contributed by atoms with Crippen molar-refractivity contribution in [3.8, 4) is 11.5 Å². The lowest BCUT2D eigenvalue weighted by atomic mass is 10.2. The van der Waals surface area contributed by atoms with Crippen molar-refractivity contribution >= 4 is 11.6 Å². The van der Waals surface area contributed by atoms with Crippen LogP contribution < -0.4 is 14.8 Å². The zero-order chi connectivity index (χ0) is 15.8. The molecule has 0 aliphatic carbocycles. The summed E-state index contributed by atoms with van der Waals surface area (Å²) in [6.07, 6.45) is 0.362. The third-order valence-electron chi connectivity index (χ3n) is 3.00. The summed E-state index contributed by atoms with van der Waals surface area (Å²) < 4.78 is 11.2. The first-order chi connectivity index (χ1) is 10.7. The molecule has 0 unspecified atom stereocenters. The molecule has 0 heterocycles. The third-order valence-corrected chi connectivity index (χ3v) is 3.00. The van der Waals surface area contributed by atoms with Crippen LogP contribution in [0.2, 0.25) is 0 Å². The van der Waals surface area contributed by atoms with E-state index in [1.54, 1.807) is 6.92 Å². The Hall–Kier alpha value is -2.49. The monoisotopic (exact) mass is 299 g/mol. The predicted octanol–water partition coefficient (Wildman–Crippen LogP) is 3.88. The van der Waals surface area contributed by atoms with Crippen LogP contribution in [0.25, 0.3) is 0 Å². The molecule has 0 aliphatic rings. The molecule has 0 spiro atoms. The number of carbonyl (C=O) groups is 1. The number of anilines is 1. The molecule has 2 aromatic rings. The van der Waals surface area contributed by atoms with Crippen molar-refractivity contribution in [1.29, 1.82) is 0 Å². The molecule has 0 aromatic heterocycles. The van der Waals surface area contributed by atoms with Crippen LogP contribution in [0.5, 0.6) is 11.5 Å². The maximum atomic E-state index is 12.2. The number of ether oxygens (including phenoxy) is 2. The maximum Gasteiger partial charge on any atom is 0.265 e. The summed E-state index contributed by atoms with van der Waals surface area (Å²) in [6.45, 7) is 4.43. The average Bonchev–Trinajstić information content (AvgIpc) is 2.54. The summed E-state index contributed by atoms with van der Waals surface area (Å²) in [4.78, 5) is 12.2. The average molecular weight is 299 g/mol. The highest BCUT2D eigenvalue weighted by Crippen LogP contribution is 2.18. The largest absolute Gasteiger partial charge is 0.494 e. The van der Waals surface area contributed by atoms with Crippen molar-refractivity contribution in [3.05, 3.63) is 54.6 Å². The predicted molar refractivity (Wildman–Crippen MR) is 87.4 cm³/mol. The molecule has 0 saturated carbocycles. The first kappa shape index (κ1) is 15.9. The molecule has 4 nitrogen and oxygen atoms in total. The highest BCUT2D eigenvalue weighted by molar-refractivity contribution is 5.94. The zero-order valence-corrected chi connectivity index (χ0v) is 12.9. The zero-order valence-electron chi connectivity index (χ0n) is 12.9. The Labute approximate surface area is 131 Å². The van der Waals surface area contributed by atoms with Gasteiger partial charge in [-0.2, -0.15) is 0 Å². The summed E-state index contributed by atoms with van der Waals surface area (Å²) in [7, 11) is 0. The van der Waals surface area contributed by atoms with E-state index < -0.39 is 6.10 Å². The number of carbonyl (C=O) groups excluding carboxylic acids is 1. The van der Waals surface area contributed by atoms with Crippen molar-refractivity contribution in [2.24, 2.45) is 0 Å². The Morgan fingerprint density at radius 1 is 1.09 bits per heavy atom. The molecular formula is C18H21NO3. The van der Waals surface area contributed by atoms with E-state index in [2.05, 4.69) is 5.32 Å². The van der Waals surface area contributed by atoms with Crippen LogP contribution >= 0.6 is 0 Å². The fourth-order valence-corrected chi connectivity index (χ4v) is 1.88. The summed E-state index contributed by atoms with van der Waals surface area (Å²) in [6, 6.07) is 16.6. The van der Waals surface area contributed by atoms with Gasteiger partial charge in [0, 0.05) is 11.8 Å². The summed E-state index contributed by atoms with van der Waals surface area (Å²) in [5.41, 5.74) is 0.696. The van der Waals surface area contributed by atoms with Crippen LogP contribution in [-0.4, -0.2) is 18.6 Å². The Balaban J connectivity index is 1.93. The number of hydrogen-bond donors (Lipinski definition) is 1. The molecule has 2 rings (SSSR count). The van der Waals surface area contributed by atoms with Gasteiger partial charge in [-0.3, -0.25) is 4.79 Å². The summed E-state index contributed by atoms with van der Waals surface area (Å²) in [5.74, 6) is 1.22. The molecular weight excluding hydrogens is 278 g/mol. The van der Waals surface area contributed by atoms with Gasteiger partial charge in [-0.25, -0.2) is 0 Å². The van der Waals surface area contributed by atoms with Crippen molar-refractivity contribution in [2.75, 3.05) is 11.9 Å². The SMILES string of the molecule is CCCOc1cccc(NC(=O)[C@H](C)Oc2ccccc2)c1. The number of rotatable bonds is 7. The topological polar surface area (TPSA) is 47.6 Å². The number of benzene rings is 2. The maximum absolute atomic E-state index is 12.2. The molecule has 1 N–H and O–H groups in total. The van der Waals surface area contributed by atoms with Crippen molar-refractivity contribution in [1.82, 2.24) is 0 Å². The molecule has 1 atom stereocenters. The highest BCUT2D eigenvalue weighted by Gasteiger charge is 2.14. The minimum Gasteiger partial charge on any atom is -0.494 e. The van der Waals surface area contributed by atoms with Gasteiger partial charge in [-0.15, -0.1) is 0 Å². The van der Waals surface area contributed by atoms with E-state index in [1.807, 2.05) is 61.5 Å². The van der Waals surface area contributed by atoms with Gasteiger partial charge >= 0.3 is 0 Å². The van der Waals surface area contributed by atoms with E-state index in [-0.39, 0.29) is 5.91 Å². The smallest absolute Gasteiger partial charge is 0.265 e. The third kappa shape index (κ3) is 4.81. The minimum absolute atomic E-state index is 0.198. The summed E-state index contributed by atoms with van der Waals surface area (Å²) >= 11 is 0. The Morgan fingerprint density at radius 2 is 1.82 bits per heavy atom. The lowest BCUT2D eigenvalue weighted by molar-refractivity contribution is -0.122. The van der Waals surface area contributed by atoms with Gasteiger partial charge in [-0.05, 0) is 37.6 Å². The van der Waals surface area contributed by atoms with Gasteiger partial charge in [0.1, 0.15) is 11.5 Å². The van der Waals surface area contributed by atoms with Crippen LogP contribution in [0.15, 0.2) is 54.6 Å². The van der Waals surface area contributed by atoms with E-state index in [0.717, 1.165) is 12.2 Å². The fraction of sp³-hybridized carbons (Fsp3) is 0.278. The number of para-hydroxylation sites is 1. The van der Waals surface area contributed by atoms with E-state index in [1.165, 1.54) is 0 Å². The second-order valence-electron chi connectivity index (χ2n) is 4.94. The Kier molecular flexibility index (Phi) is 5.83. The Morgan fingerprint density at radius 3 is 2.55 bits per heavy atom. The highest BCUT2D eigenvalue weighted by atomic mass is 16.5. The standard InChI is InChI=1S/C18H21NO3/c1-3-12-21-17-11-7-8-15(13-17)19-18(20)14(2)22-16-9-5-4-6-10-16/h4-11,13-14H,3,12H2,1-2H3,(H,19,20)/t14-/m0/s1. The van der Waals surface area contributed by atoms with Crippen LogP contribution in [0.4, 0.5) is 5.69 Å². The van der Waals surface area contributed by atoms with Crippen molar-refractivity contribution < 1.29 is 14.3 Å². The quantitative estimate of drug-likeness (QED) is 0.844. The van der Waals surface area contributed by atoms with E-state index in [4.69, 9.17) is 9.47 Å². The fourth-order valence-electron chi connectivity index (χ4n) is 1.88. The molecule has 1 amide bonds. The Bertz CT molecular complexity index is 598. The van der Waals surface area contributed by atoms with Gasteiger partial charge in [0.2, 0.25) is 0 Å². The van der Waals surface area contributed by atoms with Gasteiger partial charge in [0.25, 0.3) is 5.91 Å². The lowest BCUT2D eigenvalue weighted by Crippen LogP contribution is -2.30. The van der Waals surface area contributed by atoms with E-state index >= 15 is 0 Å². The molecule has 0 aliphatic heterocycles. The second-order valence-corrected chi connectivity index (χ2v) is 4.94. The first-order valence-electron chi connectivity index (χ1n) is 7.44. The molecule has 0 bridgehead atoms. The van der Waals surface area contributed by atoms with Gasteiger partial charge in [-0.1, -0.05) is 31.2 Å². The van der Waals surface area contributed by atoms with Crippen molar-refractivity contribution in [3.63, 3.8) is 0 Å². The minimum atomic E-state index is -0.581. The summed E-state index contributed by atoms with van der Waals surface area (Å²) in [5, 5.41) is 2.83. The molecule has 2 aromatic carbocycles. The van der Waals surface area contributed by atoms with Crippen LogP contribution in [0.3, 0.4) is 0 Å². The molecule has 22 heavy (non-hydrogen) atoms. The number of hydrogen-bond acceptors (Lipinski definition) is 3. The normalized spacial score (nSPS) is 11.5. The van der Waals surface area contributed by atoms with Gasteiger partial charge in [0.05, 0.1) is 6.61 Å². The molecule has 0 fully saturated rings. The van der Waals surface area contributed by atoms with Crippen LogP contribution in [0.1, 0.15) is 20.3 Å². The second kappa shape index (κ2) is 8.08. The number of amides is 1. The van der Waals surface area contributed by atoms with Crippen LogP contribution in [0, 0.1) is 0 Å². The first-order valence-corrected chi connectivity index (χ1v) is 7.44. The molecule has 0 radical (unpaired) electrons. The lowest BCUT2D eigenvalue weighted by Gasteiger charge is -2.15. The molecule has 4 heteroatoms. The van der Waals surface area contributed by atoms with Gasteiger partial charge in [0.15, 0.2) is 6.10 Å². The van der Waals surface area contributed by atoms with Crippen molar-refractivity contribution in [2.45, 2.75) is 26.4 Å². The van der Waals surface area contributed by atoms with E-state index in [9.17, 15) is 4.79 Å².